The van der Waals surface area contributed by atoms with E-state index in [1.54, 1.807) is 36.4 Å². The van der Waals surface area contributed by atoms with Crippen molar-refractivity contribution in [1.29, 1.82) is 0 Å². The highest BCUT2D eigenvalue weighted by atomic mass is 16.4. The van der Waals surface area contributed by atoms with E-state index in [4.69, 9.17) is 0 Å². The number of aromatic carboxylic acids is 2. The Morgan fingerprint density at radius 3 is 1.71 bits per heavy atom. The third kappa shape index (κ3) is 4.29. The lowest BCUT2D eigenvalue weighted by atomic mass is 9.87. The minimum absolute atomic E-state index is 0.250. The van der Waals surface area contributed by atoms with E-state index in [1.165, 1.54) is 33.0 Å². The molecule has 0 bridgehead atoms. The fraction of sp³-hybridized carbons (Fsp3) is 0.0732. The molecule has 0 radical (unpaired) electrons. The van der Waals surface area contributed by atoms with Crippen LogP contribution in [0.5, 0.6) is 0 Å². The lowest BCUT2D eigenvalue weighted by Crippen LogP contribution is -1.97. The molecule has 45 heavy (non-hydrogen) atoms. The molecule has 0 aliphatic heterocycles. The maximum absolute atomic E-state index is 11.7. The van der Waals surface area contributed by atoms with Crippen LogP contribution in [0.2, 0.25) is 0 Å². The molecule has 0 saturated carbocycles. The van der Waals surface area contributed by atoms with E-state index in [2.05, 4.69) is 79.7 Å². The molecular weight excluding hydrogens is 556 g/mol. The molecule has 2 N–H and O–H groups in total. The Balaban J connectivity index is 1.40. The van der Waals surface area contributed by atoms with E-state index in [9.17, 15) is 19.8 Å². The molecule has 6 aromatic rings. The number of benzene rings is 6. The van der Waals surface area contributed by atoms with Gasteiger partial charge in [-0.15, -0.1) is 0 Å². The first kappa shape index (κ1) is 26.9. The van der Waals surface area contributed by atoms with Gasteiger partial charge in [-0.05, 0) is 126 Å². The Morgan fingerprint density at radius 2 is 1.13 bits per heavy atom. The first-order valence-electron chi connectivity index (χ1n) is 15.1. The summed E-state index contributed by atoms with van der Waals surface area (Å²) in [5.74, 6) is -1.59. The van der Waals surface area contributed by atoms with Gasteiger partial charge >= 0.3 is 11.9 Å². The topological polar surface area (TPSA) is 74.6 Å². The molecule has 2 aliphatic carbocycles. The van der Waals surface area contributed by atoms with Gasteiger partial charge in [-0.2, -0.15) is 0 Å². The Bertz CT molecular complexity index is 2160. The zero-order chi connectivity index (χ0) is 30.8. The van der Waals surface area contributed by atoms with Crippen LogP contribution < -0.4 is 0 Å². The molecule has 1 atom stereocenters. The third-order valence-electron chi connectivity index (χ3n) is 9.33. The summed E-state index contributed by atoms with van der Waals surface area (Å²) in [5.41, 5.74) is 13.8. The standard InChI is InChI=1S/C41H28O4/c1-23-18-29-13-12-24-6-2-3-11-32(24)38(29)37(23)39-33-16-14-27(25-7-4-9-30(19-25)40(42)43)21-35(33)36-22-28(15-17-34(36)39)26-8-5-10-31(20-26)41(44)45/h2-17,19-23H,18H2,1H3,(H,42,43)(H,44,45)/t23-/m1/s1. The molecule has 4 nitrogen and oxygen atoms in total. The number of rotatable bonds is 4. The summed E-state index contributed by atoms with van der Waals surface area (Å²) < 4.78 is 0. The van der Waals surface area contributed by atoms with Crippen molar-refractivity contribution in [3.63, 3.8) is 0 Å². The molecule has 6 aromatic carbocycles. The molecule has 0 saturated heterocycles. The van der Waals surface area contributed by atoms with Gasteiger partial charge in [0.1, 0.15) is 0 Å². The van der Waals surface area contributed by atoms with E-state index < -0.39 is 11.9 Å². The van der Waals surface area contributed by atoms with Crippen LogP contribution in [0, 0.1) is 5.92 Å². The van der Waals surface area contributed by atoms with E-state index in [0.717, 1.165) is 50.9 Å². The fourth-order valence-corrected chi connectivity index (χ4v) is 7.28. The smallest absolute Gasteiger partial charge is 0.335 e. The van der Waals surface area contributed by atoms with Crippen LogP contribution in [0.4, 0.5) is 0 Å². The molecule has 0 spiro atoms. The summed E-state index contributed by atoms with van der Waals surface area (Å²) in [6.07, 6.45) is 0.976. The fourth-order valence-electron chi connectivity index (χ4n) is 7.28. The Morgan fingerprint density at radius 1 is 0.578 bits per heavy atom. The summed E-state index contributed by atoms with van der Waals surface area (Å²) in [6, 6.07) is 40.1. The number of fused-ring (bicyclic) bond motifs is 6. The molecule has 216 valence electrons. The predicted octanol–water partition coefficient (Wildman–Crippen LogP) is 9.70. The number of carboxylic acid groups (broad SMARTS) is 2. The molecule has 0 aromatic heterocycles. The zero-order valence-corrected chi connectivity index (χ0v) is 24.5. The van der Waals surface area contributed by atoms with E-state index in [1.807, 2.05) is 12.1 Å². The van der Waals surface area contributed by atoms with Gasteiger partial charge in [0.15, 0.2) is 0 Å². The highest BCUT2D eigenvalue weighted by Crippen LogP contribution is 2.54. The summed E-state index contributed by atoms with van der Waals surface area (Å²) in [5, 5.41) is 21.7. The van der Waals surface area contributed by atoms with Gasteiger partial charge in [0.25, 0.3) is 0 Å². The molecule has 2 aliphatic rings. The van der Waals surface area contributed by atoms with Gasteiger partial charge in [0, 0.05) is 0 Å². The molecule has 0 heterocycles. The lowest BCUT2D eigenvalue weighted by Gasteiger charge is -2.16. The van der Waals surface area contributed by atoms with Crippen LogP contribution in [-0.4, -0.2) is 22.2 Å². The average Bonchev–Trinajstić information content (AvgIpc) is 3.57. The maximum atomic E-state index is 11.7. The molecule has 0 fully saturated rings. The lowest BCUT2D eigenvalue weighted by molar-refractivity contribution is 0.0686. The average molecular weight is 585 g/mol. The van der Waals surface area contributed by atoms with Crippen LogP contribution in [-0.2, 0) is 6.42 Å². The van der Waals surface area contributed by atoms with Gasteiger partial charge in [-0.1, -0.05) is 91.9 Å². The molecule has 8 rings (SSSR count). The SMILES string of the molecule is C[C@@H]1Cc2ccc3ccccc3c2C1=C1c2ccc(-c3cccc(C(=O)O)c3)cc2-c2cc(-c3cccc(C(=O)O)c3)ccc21. The van der Waals surface area contributed by atoms with Gasteiger partial charge in [0.05, 0.1) is 11.1 Å². The number of allylic oxidation sites excluding steroid dienone is 1. The van der Waals surface area contributed by atoms with Crippen LogP contribution in [0.3, 0.4) is 0 Å². The molecule has 4 heteroatoms. The van der Waals surface area contributed by atoms with Gasteiger partial charge < -0.3 is 10.2 Å². The Hall–Kier alpha value is -5.74. The monoisotopic (exact) mass is 584 g/mol. The van der Waals surface area contributed by atoms with Crippen molar-refractivity contribution in [2.45, 2.75) is 13.3 Å². The van der Waals surface area contributed by atoms with Crippen molar-refractivity contribution in [1.82, 2.24) is 0 Å². The van der Waals surface area contributed by atoms with Crippen molar-refractivity contribution in [3.05, 3.63) is 155 Å². The minimum atomic E-state index is -0.954. The van der Waals surface area contributed by atoms with Crippen LogP contribution >= 0.6 is 0 Å². The third-order valence-corrected chi connectivity index (χ3v) is 9.33. The molecule has 0 unspecified atom stereocenters. The minimum Gasteiger partial charge on any atom is -0.478 e. The van der Waals surface area contributed by atoms with Crippen molar-refractivity contribution < 1.29 is 19.8 Å². The number of hydrogen-bond acceptors (Lipinski definition) is 2. The largest absolute Gasteiger partial charge is 0.478 e. The maximum Gasteiger partial charge on any atom is 0.335 e. The van der Waals surface area contributed by atoms with Crippen LogP contribution in [0.25, 0.3) is 55.3 Å². The summed E-state index contributed by atoms with van der Waals surface area (Å²) in [6.45, 7) is 2.31. The first-order valence-corrected chi connectivity index (χ1v) is 15.1. The van der Waals surface area contributed by atoms with Crippen LogP contribution in [0.15, 0.2) is 121 Å². The van der Waals surface area contributed by atoms with Gasteiger partial charge in [-0.3, -0.25) is 0 Å². The predicted molar refractivity (Wildman–Crippen MR) is 179 cm³/mol. The normalized spacial score (nSPS) is 14.7. The second-order valence-corrected chi connectivity index (χ2v) is 12.0. The van der Waals surface area contributed by atoms with Crippen molar-refractivity contribution in [2.75, 3.05) is 0 Å². The summed E-state index contributed by atoms with van der Waals surface area (Å²) in [7, 11) is 0. The van der Waals surface area contributed by atoms with Crippen molar-refractivity contribution in [2.24, 2.45) is 5.92 Å². The quantitative estimate of drug-likeness (QED) is 0.216. The number of hydrogen-bond donors (Lipinski definition) is 2. The number of carboxylic acids is 2. The second kappa shape index (κ2) is 10.2. The molecule has 0 amide bonds. The van der Waals surface area contributed by atoms with Gasteiger partial charge in [-0.25, -0.2) is 9.59 Å². The highest BCUT2D eigenvalue weighted by molar-refractivity contribution is 6.15. The van der Waals surface area contributed by atoms with Gasteiger partial charge in [0.2, 0.25) is 0 Å². The van der Waals surface area contributed by atoms with E-state index in [-0.39, 0.29) is 11.1 Å². The van der Waals surface area contributed by atoms with Crippen LogP contribution in [0.1, 0.15) is 49.9 Å². The van der Waals surface area contributed by atoms with Crippen molar-refractivity contribution in [3.8, 4) is 33.4 Å². The zero-order valence-electron chi connectivity index (χ0n) is 24.5. The van der Waals surface area contributed by atoms with E-state index in [0.29, 0.717) is 5.92 Å². The summed E-state index contributed by atoms with van der Waals surface area (Å²) in [4.78, 5) is 23.5. The Labute approximate surface area is 260 Å². The van der Waals surface area contributed by atoms with E-state index >= 15 is 0 Å². The summed E-state index contributed by atoms with van der Waals surface area (Å²) >= 11 is 0. The van der Waals surface area contributed by atoms with Crippen molar-refractivity contribution >= 4 is 33.9 Å². The Kier molecular flexibility index (Phi) is 6.07. The first-order chi connectivity index (χ1) is 21.9. The molecular formula is C41H28O4. The number of carbonyl (C=O) groups is 2. The second-order valence-electron chi connectivity index (χ2n) is 12.0. The highest BCUT2D eigenvalue weighted by Gasteiger charge is 2.34.